The Morgan fingerprint density at radius 1 is 1.12 bits per heavy atom. The molecule has 136 valence electrons. The monoisotopic (exact) mass is 337 g/mol. The summed E-state index contributed by atoms with van der Waals surface area (Å²) < 4.78 is 0. The molecule has 0 atom stereocenters. The first-order valence-corrected chi connectivity index (χ1v) is 8.37. The molecule has 0 saturated heterocycles. The van der Waals surface area contributed by atoms with Gasteiger partial charge in [0, 0.05) is 41.3 Å². The minimum Gasteiger partial charge on any atom is -0.355 e. The zero-order valence-electron chi connectivity index (χ0n) is 15.4. The van der Waals surface area contributed by atoms with Gasteiger partial charge in [0.15, 0.2) is 5.96 Å². The lowest BCUT2D eigenvalue weighted by atomic mass is 9.84. The van der Waals surface area contributed by atoms with E-state index in [0.29, 0.717) is 19.0 Å². The summed E-state index contributed by atoms with van der Waals surface area (Å²) in [5, 5.41) is 6.34. The summed E-state index contributed by atoms with van der Waals surface area (Å²) in [6.45, 7) is 4.80. The van der Waals surface area contributed by atoms with Crippen LogP contribution in [0, 0.1) is 5.41 Å². The Bertz CT molecular complexity index is 479. The van der Waals surface area contributed by atoms with Gasteiger partial charge in [-0.3, -0.25) is 9.59 Å². The van der Waals surface area contributed by atoms with Crippen LogP contribution in [0.15, 0.2) is 17.6 Å². The van der Waals surface area contributed by atoms with Gasteiger partial charge in [0.05, 0.1) is 5.41 Å². The summed E-state index contributed by atoms with van der Waals surface area (Å²) in [6.07, 6.45) is 5.60. The second kappa shape index (κ2) is 9.30. The van der Waals surface area contributed by atoms with Gasteiger partial charge in [0.1, 0.15) is 6.54 Å². The second-order valence-corrected chi connectivity index (χ2v) is 6.66. The molecule has 0 aromatic rings. The maximum absolute atomic E-state index is 12.6. The van der Waals surface area contributed by atoms with Gasteiger partial charge < -0.3 is 20.4 Å². The molecule has 24 heavy (non-hydrogen) atoms. The number of likely N-dealkylation sites (N-methyl/N-ethyl adjacent to an activating group) is 1. The van der Waals surface area contributed by atoms with Crippen LogP contribution in [0.2, 0.25) is 0 Å². The summed E-state index contributed by atoms with van der Waals surface area (Å²) in [7, 11) is 6.99. The number of nitrogens with one attached hydrogen (secondary N) is 2. The molecule has 0 radical (unpaired) electrons. The highest BCUT2D eigenvalue weighted by atomic mass is 16.2. The Labute approximate surface area is 145 Å². The third kappa shape index (κ3) is 5.54. The molecule has 1 saturated carbocycles. The number of guanidine groups is 1. The lowest BCUT2D eigenvalue weighted by Crippen LogP contribution is -2.49. The quantitative estimate of drug-likeness (QED) is 0.402. The Kier molecular flexibility index (Phi) is 7.74. The number of amides is 2. The highest BCUT2D eigenvalue weighted by molar-refractivity contribution is 5.86. The van der Waals surface area contributed by atoms with Crippen molar-refractivity contribution in [2.45, 2.75) is 25.7 Å². The number of hydrogen-bond donors (Lipinski definition) is 2. The van der Waals surface area contributed by atoms with Gasteiger partial charge >= 0.3 is 0 Å². The summed E-state index contributed by atoms with van der Waals surface area (Å²) in [6, 6.07) is 0. The van der Waals surface area contributed by atoms with E-state index >= 15 is 0 Å². The predicted octanol–water partition coefficient (Wildman–Crippen LogP) is 0.444. The molecule has 0 unspecified atom stereocenters. The maximum Gasteiger partial charge on any atom is 0.243 e. The summed E-state index contributed by atoms with van der Waals surface area (Å²) in [5.74, 6) is 0.609. The van der Waals surface area contributed by atoms with Crippen molar-refractivity contribution in [2.75, 3.05) is 47.8 Å². The average molecular weight is 337 g/mol. The number of carbonyl (C=O) groups is 2. The van der Waals surface area contributed by atoms with Crippen molar-refractivity contribution in [3.63, 3.8) is 0 Å². The van der Waals surface area contributed by atoms with Crippen molar-refractivity contribution in [1.29, 1.82) is 0 Å². The molecule has 7 heteroatoms. The van der Waals surface area contributed by atoms with E-state index in [-0.39, 0.29) is 23.8 Å². The van der Waals surface area contributed by atoms with Crippen LogP contribution >= 0.6 is 0 Å². The molecular formula is C17H31N5O2. The number of nitrogens with zero attached hydrogens (tertiary/aromatic N) is 3. The summed E-state index contributed by atoms with van der Waals surface area (Å²) in [5.41, 5.74) is -0.383. The van der Waals surface area contributed by atoms with Crippen LogP contribution in [-0.4, -0.2) is 75.4 Å². The van der Waals surface area contributed by atoms with E-state index < -0.39 is 0 Å². The molecule has 7 nitrogen and oxygen atoms in total. The first-order valence-electron chi connectivity index (χ1n) is 8.37. The molecule has 2 amide bonds. The van der Waals surface area contributed by atoms with Gasteiger partial charge in [0.2, 0.25) is 11.8 Å². The maximum atomic E-state index is 12.6. The fourth-order valence-corrected chi connectivity index (χ4v) is 2.88. The Morgan fingerprint density at radius 2 is 1.75 bits per heavy atom. The van der Waals surface area contributed by atoms with Crippen LogP contribution < -0.4 is 10.6 Å². The van der Waals surface area contributed by atoms with E-state index in [9.17, 15) is 9.59 Å². The molecule has 0 bridgehead atoms. The van der Waals surface area contributed by atoms with Gasteiger partial charge in [-0.2, -0.15) is 0 Å². The van der Waals surface area contributed by atoms with Crippen molar-refractivity contribution in [3.05, 3.63) is 12.7 Å². The van der Waals surface area contributed by atoms with E-state index in [1.54, 1.807) is 39.2 Å². The molecule has 1 aliphatic carbocycles. The zero-order chi connectivity index (χ0) is 18.2. The first kappa shape index (κ1) is 20.0. The molecule has 0 spiro atoms. The van der Waals surface area contributed by atoms with Crippen molar-refractivity contribution >= 4 is 17.8 Å². The summed E-state index contributed by atoms with van der Waals surface area (Å²) in [4.78, 5) is 31.8. The van der Waals surface area contributed by atoms with Crippen molar-refractivity contribution < 1.29 is 9.59 Å². The van der Waals surface area contributed by atoms with E-state index in [2.05, 4.69) is 22.2 Å². The molecule has 1 rings (SSSR count). The topological polar surface area (TPSA) is 77.0 Å². The van der Waals surface area contributed by atoms with Crippen LogP contribution in [0.4, 0.5) is 0 Å². The fourth-order valence-electron chi connectivity index (χ4n) is 2.88. The molecule has 1 aliphatic rings. The van der Waals surface area contributed by atoms with Gasteiger partial charge in [-0.15, -0.1) is 6.58 Å². The fraction of sp³-hybridized carbons (Fsp3) is 0.706. The second-order valence-electron chi connectivity index (χ2n) is 6.66. The molecule has 0 aliphatic heterocycles. The lowest BCUT2D eigenvalue weighted by Gasteiger charge is -2.31. The van der Waals surface area contributed by atoms with Crippen molar-refractivity contribution in [1.82, 2.24) is 20.4 Å². The molecule has 0 heterocycles. The third-order valence-corrected chi connectivity index (χ3v) is 4.30. The number of hydrogen-bond acceptors (Lipinski definition) is 3. The largest absolute Gasteiger partial charge is 0.355 e. The Balaban J connectivity index is 2.77. The standard InChI is InChI=1S/C17H31N5O2/c1-6-11-18-16(19-12-14(23)21(2)3)20-13-17(9-7-8-10-17)15(24)22(4)5/h6H,1,7-13H2,2-5H3,(H2,18,19,20). The highest BCUT2D eigenvalue weighted by Gasteiger charge is 2.42. The summed E-state index contributed by atoms with van der Waals surface area (Å²) >= 11 is 0. The van der Waals surface area contributed by atoms with Crippen LogP contribution in [-0.2, 0) is 9.59 Å². The van der Waals surface area contributed by atoms with E-state index in [1.807, 2.05) is 0 Å². The SMILES string of the molecule is C=CCNC(=NCC(=O)N(C)C)NCC1(C(=O)N(C)C)CCCC1. The van der Waals surface area contributed by atoms with Gasteiger partial charge in [-0.05, 0) is 12.8 Å². The van der Waals surface area contributed by atoms with Crippen molar-refractivity contribution in [3.8, 4) is 0 Å². The molecule has 0 aromatic heterocycles. The zero-order valence-corrected chi connectivity index (χ0v) is 15.4. The average Bonchev–Trinajstić information content (AvgIpc) is 3.02. The Hall–Kier alpha value is -2.05. The van der Waals surface area contributed by atoms with Crippen LogP contribution in [0.5, 0.6) is 0 Å². The number of carbonyl (C=O) groups excluding carboxylic acids is 2. The van der Waals surface area contributed by atoms with Gasteiger partial charge in [0.25, 0.3) is 0 Å². The molecule has 0 aromatic carbocycles. The number of rotatable bonds is 7. The van der Waals surface area contributed by atoms with Crippen LogP contribution in [0.25, 0.3) is 0 Å². The van der Waals surface area contributed by atoms with Gasteiger partial charge in [-0.25, -0.2) is 4.99 Å². The minimum absolute atomic E-state index is 0.0636. The predicted molar refractivity (Wildman–Crippen MR) is 96.8 cm³/mol. The smallest absolute Gasteiger partial charge is 0.243 e. The van der Waals surface area contributed by atoms with Gasteiger partial charge in [-0.1, -0.05) is 18.9 Å². The first-order chi connectivity index (χ1) is 11.3. The van der Waals surface area contributed by atoms with Crippen LogP contribution in [0.1, 0.15) is 25.7 Å². The normalized spacial score (nSPS) is 16.4. The van der Waals surface area contributed by atoms with E-state index in [0.717, 1.165) is 25.7 Å². The highest BCUT2D eigenvalue weighted by Crippen LogP contribution is 2.38. The molecular weight excluding hydrogens is 306 g/mol. The van der Waals surface area contributed by atoms with Crippen LogP contribution in [0.3, 0.4) is 0 Å². The lowest BCUT2D eigenvalue weighted by molar-refractivity contribution is -0.138. The number of aliphatic imine (C=N–C) groups is 1. The van der Waals surface area contributed by atoms with E-state index in [1.165, 1.54) is 4.90 Å². The van der Waals surface area contributed by atoms with Crippen molar-refractivity contribution in [2.24, 2.45) is 10.4 Å². The molecule has 1 fully saturated rings. The third-order valence-electron chi connectivity index (χ3n) is 4.30. The van der Waals surface area contributed by atoms with E-state index in [4.69, 9.17) is 0 Å². The Morgan fingerprint density at radius 3 is 2.25 bits per heavy atom. The minimum atomic E-state index is -0.383. The molecule has 2 N–H and O–H groups in total.